The SMILES string of the molecule is COc1cc(Br)c2c(c1)C(C1CC1)=CCC2. The zero-order valence-electron chi connectivity index (χ0n) is 9.42. The second-order valence-corrected chi connectivity index (χ2v) is 5.46. The van der Waals surface area contributed by atoms with Crippen molar-refractivity contribution in [3.63, 3.8) is 0 Å². The summed E-state index contributed by atoms with van der Waals surface area (Å²) in [4.78, 5) is 0. The Labute approximate surface area is 105 Å². The van der Waals surface area contributed by atoms with Crippen LogP contribution in [0.1, 0.15) is 30.4 Å². The van der Waals surface area contributed by atoms with Crippen LogP contribution >= 0.6 is 15.9 Å². The summed E-state index contributed by atoms with van der Waals surface area (Å²) in [5.74, 6) is 1.78. The van der Waals surface area contributed by atoms with Crippen LogP contribution in [0.3, 0.4) is 0 Å². The number of halogens is 1. The summed E-state index contributed by atoms with van der Waals surface area (Å²) >= 11 is 3.66. The standard InChI is InChI=1S/C14H15BrO/c1-16-10-7-13-11(9-5-6-9)3-2-4-12(13)14(15)8-10/h3,7-9H,2,4-6H2,1H3. The van der Waals surface area contributed by atoms with E-state index in [9.17, 15) is 0 Å². The molecule has 0 saturated heterocycles. The van der Waals surface area contributed by atoms with Gasteiger partial charge in [0, 0.05) is 4.47 Å². The molecule has 0 amide bonds. The van der Waals surface area contributed by atoms with Gasteiger partial charge in [-0.3, -0.25) is 0 Å². The van der Waals surface area contributed by atoms with E-state index < -0.39 is 0 Å². The lowest BCUT2D eigenvalue weighted by Crippen LogP contribution is -2.03. The van der Waals surface area contributed by atoms with Crippen molar-refractivity contribution in [3.8, 4) is 5.75 Å². The van der Waals surface area contributed by atoms with E-state index >= 15 is 0 Å². The van der Waals surface area contributed by atoms with Crippen molar-refractivity contribution in [2.45, 2.75) is 25.7 Å². The Kier molecular flexibility index (Phi) is 2.55. The molecule has 1 nitrogen and oxygen atoms in total. The first-order chi connectivity index (χ1) is 7.79. The molecule has 0 N–H and O–H groups in total. The molecule has 0 unspecified atom stereocenters. The fourth-order valence-electron chi connectivity index (χ4n) is 2.50. The lowest BCUT2D eigenvalue weighted by Gasteiger charge is -2.20. The zero-order valence-corrected chi connectivity index (χ0v) is 11.0. The molecule has 1 aromatic rings. The van der Waals surface area contributed by atoms with E-state index in [4.69, 9.17) is 4.74 Å². The van der Waals surface area contributed by atoms with E-state index in [1.54, 1.807) is 12.7 Å². The van der Waals surface area contributed by atoms with Crippen molar-refractivity contribution in [1.82, 2.24) is 0 Å². The third kappa shape index (κ3) is 1.69. The van der Waals surface area contributed by atoms with Crippen LogP contribution in [0, 0.1) is 5.92 Å². The van der Waals surface area contributed by atoms with Crippen molar-refractivity contribution < 1.29 is 4.74 Å². The highest BCUT2D eigenvalue weighted by atomic mass is 79.9. The molecule has 0 radical (unpaired) electrons. The molecule has 0 bridgehead atoms. The van der Waals surface area contributed by atoms with Crippen LogP contribution in [0.15, 0.2) is 22.7 Å². The lowest BCUT2D eigenvalue weighted by molar-refractivity contribution is 0.414. The second kappa shape index (κ2) is 3.92. The van der Waals surface area contributed by atoms with Gasteiger partial charge in [0.05, 0.1) is 7.11 Å². The number of allylic oxidation sites excluding steroid dienone is 2. The monoisotopic (exact) mass is 278 g/mol. The second-order valence-electron chi connectivity index (χ2n) is 4.61. The minimum Gasteiger partial charge on any atom is -0.497 e. The first-order valence-corrected chi connectivity index (χ1v) is 6.65. The summed E-state index contributed by atoms with van der Waals surface area (Å²) < 4.78 is 6.55. The highest BCUT2D eigenvalue weighted by molar-refractivity contribution is 9.10. The summed E-state index contributed by atoms with van der Waals surface area (Å²) in [6.45, 7) is 0. The van der Waals surface area contributed by atoms with Crippen molar-refractivity contribution in [2.24, 2.45) is 5.92 Å². The van der Waals surface area contributed by atoms with Crippen LogP contribution in [0.5, 0.6) is 5.75 Å². The smallest absolute Gasteiger partial charge is 0.120 e. The largest absolute Gasteiger partial charge is 0.497 e. The van der Waals surface area contributed by atoms with E-state index in [0.717, 1.165) is 18.1 Å². The average Bonchev–Trinajstić information content (AvgIpc) is 3.12. The van der Waals surface area contributed by atoms with Gasteiger partial charge >= 0.3 is 0 Å². The Morgan fingerprint density at radius 2 is 2.12 bits per heavy atom. The summed E-state index contributed by atoms with van der Waals surface area (Å²) in [6.07, 6.45) is 7.48. The van der Waals surface area contributed by atoms with Gasteiger partial charge in [-0.05, 0) is 60.4 Å². The number of hydrogen-bond donors (Lipinski definition) is 0. The molecule has 1 fully saturated rings. The summed E-state index contributed by atoms with van der Waals surface area (Å²) in [5, 5.41) is 0. The number of rotatable bonds is 2. The molecule has 2 aliphatic carbocycles. The maximum Gasteiger partial charge on any atom is 0.120 e. The molecule has 16 heavy (non-hydrogen) atoms. The normalized spacial score (nSPS) is 19.0. The number of benzene rings is 1. The summed E-state index contributed by atoms with van der Waals surface area (Å²) in [6, 6.07) is 4.28. The van der Waals surface area contributed by atoms with Gasteiger partial charge in [-0.15, -0.1) is 0 Å². The van der Waals surface area contributed by atoms with Crippen LogP contribution in [-0.4, -0.2) is 7.11 Å². The Bertz CT molecular complexity index is 458. The van der Waals surface area contributed by atoms with E-state index in [0.29, 0.717) is 0 Å². The van der Waals surface area contributed by atoms with Gasteiger partial charge in [-0.2, -0.15) is 0 Å². The Morgan fingerprint density at radius 1 is 1.31 bits per heavy atom. The highest BCUT2D eigenvalue weighted by Crippen LogP contribution is 2.47. The van der Waals surface area contributed by atoms with Crippen LogP contribution in [0.25, 0.3) is 5.57 Å². The van der Waals surface area contributed by atoms with Crippen molar-refractivity contribution in [1.29, 1.82) is 0 Å². The van der Waals surface area contributed by atoms with E-state index in [1.165, 1.54) is 34.9 Å². The van der Waals surface area contributed by atoms with Gasteiger partial charge in [0.25, 0.3) is 0 Å². The van der Waals surface area contributed by atoms with Gasteiger partial charge in [0.2, 0.25) is 0 Å². The van der Waals surface area contributed by atoms with E-state index in [-0.39, 0.29) is 0 Å². The van der Waals surface area contributed by atoms with Crippen LogP contribution < -0.4 is 4.74 Å². The molecule has 84 valence electrons. The molecular formula is C14H15BrO. The molecular weight excluding hydrogens is 264 g/mol. The summed E-state index contributed by atoms with van der Waals surface area (Å²) in [7, 11) is 1.73. The number of ether oxygens (including phenoxy) is 1. The molecule has 3 rings (SSSR count). The fraction of sp³-hybridized carbons (Fsp3) is 0.429. The van der Waals surface area contributed by atoms with Crippen LogP contribution in [0.2, 0.25) is 0 Å². The topological polar surface area (TPSA) is 9.23 Å². The molecule has 0 heterocycles. The minimum absolute atomic E-state index is 0.818. The Morgan fingerprint density at radius 3 is 2.81 bits per heavy atom. The van der Waals surface area contributed by atoms with E-state index in [1.807, 2.05) is 0 Å². The molecule has 1 saturated carbocycles. The first-order valence-electron chi connectivity index (χ1n) is 5.86. The molecule has 0 aliphatic heterocycles. The van der Waals surface area contributed by atoms with E-state index in [2.05, 4.69) is 34.1 Å². The third-order valence-electron chi connectivity index (χ3n) is 3.49. The van der Waals surface area contributed by atoms with Crippen molar-refractivity contribution in [3.05, 3.63) is 33.8 Å². The molecule has 0 spiro atoms. The molecule has 2 heteroatoms. The molecule has 0 aromatic heterocycles. The van der Waals surface area contributed by atoms with Gasteiger partial charge in [0.15, 0.2) is 0 Å². The average molecular weight is 279 g/mol. The number of methoxy groups -OCH3 is 1. The van der Waals surface area contributed by atoms with Gasteiger partial charge in [0.1, 0.15) is 5.75 Å². The fourth-order valence-corrected chi connectivity index (χ4v) is 3.14. The lowest BCUT2D eigenvalue weighted by atomic mass is 9.88. The molecule has 0 atom stereocenters. The molecule has 1 aromatic carbocycles. The summed E-state index contributed by atoms with van der Waals surface area (Å²) in [5.41, 5.74) is 4.44. The van der Waals surface area contributed by atoms with Crippen molar-refractivity contribution in [2.75, 3.05) is 7.11 Å². The van der Waals surface area contributed by atoms with Crippen LogP contribution in [-0.2, 0) is 6.42 Å². The van der Waals surface area contributed by atoms with Crippen molar-refractivity contribution >= 4 is 21.5 Å². The number of hydrogen-bond acceptors (Lipinski definition) is 1. The number of fused-ring (bicyclic) bond motifs is 1. The zero-order chi connectivity index (χ0) is 11.1. The Hall–Kier alpha value is -0.760. The third-order valence-corrected chi connectivity index (χ3v) is 4.20. The predicted molar refractivity (Wildman–Crippen MR) is 69.7 cm³/mol. The van der Waals surface area contributed by atoms with Crippen LogP contribution in [0.4, 0.5) is 0 Å². The maximum atomic E-state index is 5.35. The Balaban J connectivity index is 2.12. The highest BCUT2D eigenvalue weighted by Gasteiger charge is 2.30. The maximum absolute atomic E-state index is 5.35. The minimum atomic E-state index is 0.818. The van der Waals surface area contributed by atoms with Gasteiger partial charge < -0.3 is 4.74 Å². The predicted octanol–water partition coefficient (Wildman–Crippen LogP) is 4.20. The molecule has 2 aliphatic rings. The first kappa shape index (κ1) is 10.4. The van der Waals surface area contributed by atoms with Gasteiger partial charge in [-0.25, -0.2) is 0 Å². The van der Waals surface area contributed by atoms with Gasteiger partial charge in [-0.1, -0.05) is 22.0 Å². The quantitative estimate of drug-likeness (QED) is 0.788.